The van der Waals surface area contributed by atoms with Crippen LogP contribution in [0.25, 0.3) is 0 Å². The van der Waals surface area contributed by atoms with E-state index in [9.17, 15) is 4.79 Å². The number of hydrogen-bond donors (Lipinski definition) is 2. The quantitative estimate of drug-likeness (QED) is 0.855. The molecule has 0 radical (unpaired) electrons. The van der Waals surface area contributed by atoms with Gasteiger partial charge >= 0.3 is 0 Å². The summed E-state index contributed by atoms with van der Waals surface area (Å²) < 4.78 is 1.05. The van der Waals surface area contributed by atoms with Crippen LogP contribution in [0.2, 0.25) is 0 Å². The lowest BCUT2D eigenvalue weighted by Gasteiger charge is -2.27. The second-order valence-electron chi connectivity index (χ2n) is 5.50. The van der Waals surface area contributed by atoms with Gasteiger partial charge in [0.15, 0.2) is 0 Å². The Kier molecular flexibility index (Phi) is 6.06. The lowest BCUT2D eigenvalue weighted by atomic mass is 10.0. The van der Waals surface area contributed by atoms with Crippen molar-refractivity contribution in [3.05, 3.63) is 28.2 Å². The molecule has 1 atom stereocenters. The molecule has 0 bridgehead atoms. The normalized spacial score (nSPS) is 17.3. The van der Waals surface area contributed by atoms with Gasteiger partial charge in [-0.15, -0.1) is 0 Å². The summed E-state index contributed by atoms with van der Waals surface area (Å²) in [5.74, 6) is 0.104. The topological polar surface area (TPSA) is 44.4 Å². The highest BCUT2D eigenvalue weighted by Crippen LogP contribution is 2.30. The second-order valence-corrected chi connectivity index (χ2v) is 6.42. The highest BCUT2D eigenvalue weighted by atomic mass is 79.9. The van der Waals surface area contributed by atoms with Gasteiger partial charge in [0.2, 0.25) is 5.91 Å². The molecule has 21 heavy (non-hydrogen) atoms. The zero-order chi connectivity index (χ0) is 15.2. The lowest BCUT2D eigenvalue weighted by Crippen LogP contribution is -2.34. The first-order valence-electron chi connectivity index (χ1n) is 7.66. The van der Waals surface area contributed by atoms with Crippen molar-refractivity contribution in [3.63, 3.8) is 0 Å². The first-order chi connectivity index (χ1) is 10.1. The van der Waals surface area contributed by atoms with Gasteiger partial charge in [-0.05, 0) is 44.0 Å². The van der Waals surface area contributed by atoms with Crippen molar-refractivity contribution in [3.8, 4) is 0 Å². The van der Waals surface area contributed by atoms with Crippen LogP contribution in [0.4, 0.5) is 5.69 Å². The van der Waals surface area contributed by atoms with Crippen LogP contribution in [0.5, 0.6) is 0 Å². The Balaban J connectivity index is 2.27. The van der Waals surface area contributed by atoms with E-state index in [2.05, 4.69) is 63.5 Å². The molecule has 1 amide bonds. The van der Waals surface area contributed by atoms with E-state index < -0.39 is 0 Å². The summed E-state index contributed by atoms with van der Waals surface area (Å²) in [6.07, 6.45) is 2.09. The maximum Gasteiger partial charge on any atom is 0.239 e. The third kappa shape index (κ3) is 4.45. The first-order valence-corrected chi connectivity index (χ1v) is 8.45. The molecule has 0 saturated carbocycles. The minimum Gasteiger partial charge on any atom is -0.362 e. The molecule has 1 fully saturated rings. The Morgan fingerprint density at radius 2 is 2.29 bits per heavy atom. The fourth-order valence-electron chi connectivity index (χ4n) is 2.64. The van der Waals surface area contributed by atoms with Crippen LogP contribution in [0, 0.1) is 0 Å². The first kappa shape index (κ1) is 16.3. The average molecular weight is 354 g/mol. The van der Waals surface area contributed by atoms with Gasteiger partial charge in [-0.3, -0.25) is 4.79 Å². The average Bonchev–Trinajstić information content (AvgIpc) is 2.69. The fraction of sp³-hybridized carbons (Fsp3) is 0.562. The SMILES string of the molecule is CCCNC(C)c1ccc(Br)cc1N1CCCNC(=O)C1. The molecule has 4 nitrogen and oxygen atoms in total. The number of benzene rings is 1. The van der Waals surface area contributed by atoms with Crippen LogP contribution in [0.1, 0.15) is 38.3 Å². The largest absolute Gasteiger partial charge is 0.362 e. The number of anilines is 1. The van der Waals surface area contributed by atoms with E-state index >= 15 is 0 Å². The second kappa shape index (κ2) is 7.80. The summed E-state index contributed by atoms with van der Waals surface area (Å²) in [5, 5.41) is 6.47. The summed E-state index contributed by atoms with van der Waals surface area (Å²) >= 11 is 3.55. The molecule has 1 aromatic carbocycles. The van der Waals surface area contributed by atoms with Crippen LogP contribution in [-0.2, 0) is 4.79 Å². The third-order valence-electron chi connectivity index (χ3n) is 3.76. The van der Waals surface area contributed by atoms with E-state index in [0.29, 0.717) is 6.54 Å². The van der Waals surface area contributed by atoms with Gasteiger partial charge in [-0.1, -0.05) is 28.9 Å². The maximum atomic E-state index is 11.8. The zero-order valence-corrected chi connectivity index (χ0v) is 14.4. The number of rotatable bonds is 5. The van der Waals surface area contributed by atoms with Gasteiger partial charge in [-0.2, -0.15) is 0 Å². The van der Waals surface area contributed by atoms with E-state index in [0.717, 1.165) is 42.6 Å². The number of nitrogens with one attached hydrogen (secondary N) is 2. The van der Waals surface area contributed by atoms with Crippen molar-refractivity contribution < 1.29 is 4.79 Å². The summed E-state index contributed by atoms with van der Waals surface area (Å²) in [7, 11) is 0. The molecule has 2 N–H and O–H groups in total. The number of carbonyl (C=O) groups is 1. The lowest BCUT2D eigenvalue weighted by molar-refractivity contribution is -0.119. The van der Waals surface area contributed by atoms with Gasteiger partial charge in [-0.25, -0.2) is 0 Å². The predicted octanol–water partition coefficient (Wildman–Crippen LogP) is 2.84. The molecule has 2 rings (SSSR count). The monoisotopic (exact) mass is 353 g/mol. The Hall–Kier alpha value is -1.07. The van der Waals surface area contributed by atoms with Crippen molar-refractivity contribution in [1.82, 2.24) is 10.6 Å². The summed E-state index contributed by atoms with van der Waals surface area (Å²) in [5.41, 5.74) is 2.40. The van der Waals surface area contributed by atoms with Crippen LogP contribution in [0.3, 0.4) is 0 Å². The molecule has 0 aliphatic carbocycles. The molecule has 1 aliphatic heterocycles. The van der Waals surface area contributed by atoms with E-state index in [4.69, 9.17) is 0 Å². The fourth-order valence-corrected chi connectivity index (χ4v) is 2.99. The number of amides is 1. The predicted molar refractivity (Wildman–Crippen MR) is 90.7 cm³/mol. The minimum atomic E-state index is 0.104. The van der Waals surface area contributed by atoms with Crippen LogP contribution < -0.4 is 15.5 Å². The van der Waals surface area contributed by atoms with Crippen LogP contribution >= 0.6 is 15.9 Å². The van der Waals surface area contributed by atoms with Crippen molar-refractivity contribution >= 4 is 27.5 Å². The Morgan fingerprint density at radius 1 is 1.48 bits per heavy atom. The highest BCUT2D eigenvalue weighted by molar-refractivity contribution is 9.10. The van der Waals surface area contributed by atoms with Crippen LogP contribution in [-0.4, -0.2) is 32.1 Å². The van der Waals surface area contributed by atoms with E-state index in [-0.39, 0.29) is 11.9 Å². The smallest absolute Gasteiger partial charge is 0.239 e. The number of hydrogen-bond acceptors (Lipinski definition) is 3. The number of nitrogens with zero attached hydrogens (tertiary/aromatic N) is 1. The molecular formula is C16H24BrN3O. The molecule has 1 saturated heterocycles. The van der Waals surface area contributed by atoms with E-state index in [1.165, 1.54) is 5.56 Å². The maximum absolute atomic E-state index is 11.8. The number of carbonyl (C=O) groups excluding carboxylic acids is 1. The van der Waals surface area contributed by atoms with Gasteiger partial charge < -0.3 is 15.5 Å². The standard InChI is InChI=1S/C16H24BrN3O/c1-3-7-18-12(2)14-6-5-13(17)10-15(14)20-9-4-8-19-16(21)11-20/h5-6,10,12,18H,3-4,7-9,11H2,1-2H3,(H,19,21). The highest BCUT2D eigenvalue weighted by Gasteiger charge is 2.20. The molecule has 1 aliphatic rings. The summed E-state index contributed by atoms with van der Waals surface area (Å²) in [6.45, 7) is 7.45. The van der Waals surface area contributed by atoms with Crippen molar-refractivity contribution in [2.24, 2.45) is 0 Å². The molecule has 116 valence electrons. The molecule has 5 heteroatoms. The summed E-state index contributed by atoms with van der Waals surface area (Å²) in [4.78, 5) is 14.0. The zero-order valence-electron chi connectivity index (χ0n) is 12.8. The van der Waals surface area contributed by atoms with Gasteiger partial charge in [0.05, 0.1) is 6.54 Å². The number of halogens is 1. The molecule has 1 heterocycles. The summed E-state index contributed by atoms with van der Waals surface area (Å²) in [6, 6.07) is 6.62. The third-order valence-corrected chi connectivity index (χ3v) is 4.25. The van der Waals surface area contributed by atoms with E-state index in [1.807, 2.05) is 0 Å². The van der Waals surface area contributed by atoms with Gasteiger partial charge in [0, 0.05) is 29.3 Å². The van der Waals surface area contributed by atoms with Crippen molar-refractivity contribution in [2.75, 3.05) is 31.1 Å². The molecule has 1 unspecified atom stereocenters. The molecule has 0 aromatic heterocycles. The Labute approximate surface area is 135 Å². The van der Waals surface area contributed by atoms with Gasteiger partial charge in [0.1, 0.15) is 0 Å². The molecular weight excluding hydrogens is 330 g/mol. The van der Waals surface area contributed by atoms with Crippen LogP contribution in [0.15, 0.2) is 22.7 Å². The minimum absolute atomic E-state index is 0.104. The molecule has 1 aromatic rings. The van der Waals surface area contributed by atoms with Crippen molar-refractivity contribution in [2.45, 2.75) is 32.7 Å². The molecule has 0 spiro atoms. The Bertz CT molecular complexity index is 492. The van der Waals surface area contributed by atoms with Gasteiger partial charge in [0.25, 0.3) is 0 Å². The van der Waals surface area contributed by atoms with E-state index in [1.54, 1.807) is 0 Å². The Morgan fingerprint density at radius 3 is 3.05 bits per heavy atom. The van der Waals surface area contributed by atoms with Crippen molar-refractivity contribution in [1.29, 1.82) is 0 Å².